The monoisotopic (exact) mass is 560 g/mol. The molecule has 0 radical (unpaired) electrons. The van der Waals surface area contributed by atoms with Crippen LogP contribution in [-0.4, -0.2) is 115 Å². The molecular weight excluding hydrogens is 512 g/mol. The molecule has 2 fully saturated rings. The van der Waals surface area contributed by atoms with E-state index in [9.17, 15) is 20.1 Å². The van der Waals surface area contributed by atoms with Crippen molar-refractivity contribution in [2.75, 3.05) is 27.2 Å². The number of ether oxygens (including phenoxy) is 5. The average Bonchev–Trinajstić information content (AvgIpc) is 2.81. The van der Waals surface area contributed by atoms with Gasteiger partial charge in [-0.2, -0.15) is 0 Å². The summed E-state index contributed by atoms with van der Waals surface area (Å²) < 4.78 is 29.5. The van der Waals surface area contributed by atoms with Crippen LogP contribution < -0.4 is 21.7 Å². The van der Waals surface area contributed by atoms with Crippen molar-refractivity contribution in [3.05, 3.63) is 11.8 Å². The van der Waals surface area contributed by atoms with Gasteiger partial charge in [0, 0.05) is 6.04 Å². The molecule has 0 aromatic rings. The second-order valence-electron chi connectivity index (χ2n) is 12.0. The molecule has 13 heteroatoms. The third-order valence-electron chi connectivity index (χ3n) is 7.27. The maximum Gasteiger partial charge on any atom is 0.408 e. The minimum absolute atomic E-state index is 0.0802. The molecule has 8 N–H and O–H groups in total. The predicted octanol–water partition coefficient (Wildman–Crippen LogP) is -0.716. The average molecular weight is 561 g/mol. The maximum atomic E-state index is 12.5. The van der Waals surface area contributed by atoms with Crippen molar-refractivity contribution in [3.8, 4) is 0 Å². The smallest absolute Gasteiger partial charge is 0.408 e. The van der Waals surface area contributed by atoms with Gasteiger partial charge in [-0.25, -0.2) is 4.79 Å². The fraction of sp³-hybridized carbons (Fsp3) is 0.885. The van der Waals surface area contributed by atoms with Crippen molar-refractivity contribution in [2.45, 2.75) is 114 Å². The van der Waals surface area contributed by atoms with Gasteiger partial charge in [-0.3, -0.25) is 0 Å². The summed E-state index contributed by atoms with van der Waals surface area (Å²) in [6.07, 6.45) is -3.98. The molecule has 13 nitrogen and oxygen atoms in total. The molecule has 1 saturated heterocycles. The highest BCUT2D eigenvalue weighted by Crippen LogP contribution is 2.34. The Kier molecular flexibility index (Phi) is 10.6. The van der Waals surface area contributed by atoms with Crippen molar-refractivity contribution in [1.82, 2.24) is 16.0 Å². The second kappa shape index (κ2) is 13.0. The van der Waals surface area contributed by atoms with Gasteiger partial charge in [0.05, 0.1) is 31.3 Å². The Bertz CT molecular complexity index is 852. The first-order valence-electron chi connectivity index (χ1n) is 13.6. The summed E-state index contributed by atoms with van der Waals surface area (Å²) in [5.74, 6) is 0.471. The molecule has 1 amide bonds. The Balaban J connectivity index is 1.74. The van der Waals surface area contributed by atoms with Gasteiger partial charge in [0.15, 0.2) is 6.29 Å². The van der Waals surface area contributed by atoms with Crippen molar-refractivity contribution in [2.24, 2.45) is 11.7 Å². The van der Waals surface area contributed by atoms with Gasteiger partial charge in [-0.1, -0.05) is 6.92 Å². The van der Waals surface area contributed by atoms with E-state index in [1.54, 1.807) is 41.8 Å². The predicted molar refractivity (Wildman–Crippen MR) is 141 cm³/mol. The van der Waals surface area contributed by atoms with E-state index < -0.39 is 72.4 Å². The minimum atomic E-state index is -1.31. The Morgan fingerprint density at radius 1 is 1.18 bits per heavy atom. The third kappa shape index (κ3) is 8.02. The summed E-state index contributed by atoms with van der Waals surface area (Å²) >= 11 is 0. The van der Waals surface area contributed by atoms with E-state index >= 15 is 0 Å². The van der Waals surface area contributed by atoms with E-state index in [0.29, 0.717) is 25.1 Å². The zero-order valence-corrected chi connectivity index (χ0v) is 24.0. The largest absolute Gasteiger partial charge is 0.466 e. The lowest BCUT2D eigenvalue weighted by Gasteiger charge is -2.48. The lowest BCUT2D eigenvalue weighted by molar-refractivity contribution is -0.305. The molecule has 11 atom stereocenters. The molecule has 3 aliphatic rings. The van der Waals surface area contributed by atoms with Gasteiger partial charge in [-0.15, -0.1) is 0 Å². The van der Waals surface area contributed by atoms with E-state index in [4.69, 9.17) is 29.4 Å². The van der Waals surface area contributed by atoms with Crippen LogP contribution in [0.5, 0.6) is 0 Å². The molecule has 2 heterocycles. The number of nitrogens with two attached hydrogens (primary N) is 1. The van der Waals surface area contributed by atoms with Crippen LogP contribution in [0.2, 0.25) is 0 Å². The van der Waals surface area contributed by atoms with Crippen LogP contribution in [0.4, 0.5) is 4.79 Å². The molecule has 0 aromatic heterocycles. The highest BCUT2D eigenvalue weighted by molar-refractivity contribution is 5.68. The lowest BCUT2D eigenvalue weighted by atomic mass is 9.80. The van der Waals surface area contributed by atoms with Crippen LogP contribution in [0.25, 0.3) is 0 Å². The molecule has 226 valence electrons. The summed E-state index contributed by atoms with van der Waals surface area (Å²) in [5.41, 5.74) is 4.40. The van der Waals surface area contributed by atoms with Crippen LogP contribution in [0.3, 0.4) is 0 Å². The van der Waals surface area contributed by atoms with Gasteiger partial charge >= 0.3 is 6.09 Å². The van der Waals surface area contributed by atoms with E-state index in [-0.39, 0.29) is 12.5 Å². The van der Waals surface area contributed by atoms with E-state index in [1.165, 1.54) is 0 Å². The van der Waals surface area contributed by atoms with Gasteiger partial charge in [0.25, 0.3) is 0 Å². The summed E-state index contributed by atoms with van der Waals surface area (Å²) in [4.78, 5) is 12.5. The van der Waals surface area contributed by atoms with E-state index in [0.717, 1.165) is 0 Å². The molecule has 1 saturated carbocycles. The van der Waals surface area contributed by atoms with Crippen LogP contribution in [-0.2, 0) is 23.7 Å². The Morgan fingerprint density at radius 3 is 2.46 bits per heavy atom. The normalized spacial score (nSPS) is 41.4. The number of aliphatic hydroxyl groups is 3. The summed E-state index contributed by atoms with van der Waals surface area (Å²) in [6.45, 7) is 9.18. The number of amides is 1. The summed E-state index contributed by atoms with van der Waals surface area (Å²) in [5, 5.41) is 41.5. The van der Waals surface area contributed by atoms with Crippen LogP contribution in [0.15, 0.2) is 11.8 Å². The summed E-state index contributed by atoms with van der Waals surface area (Å²) in [7, 11) is 3.42. The standard InChI is InChI=1S/C26H48N4O9/c1-13-10-15(27)20(38-23-18(32)21(29-7)26(5,34)12-35-23)17(31)19(13)37-22-16(9-8-14(36-22)11-28-6)30-24(33)39-25(2,3)4/h8,13,15-23,28-29,31-32,34H,9-12,27H2,1-7H3,(H,30,33)/t13-,15+,16?,17-,18+,19+,20-,21+,22+,23+,26-/m0/s1. The fourth-order valence-electron chi connectivity index (χ4n) is 5.39. The Hall–Kier alpha value is -1.55. The first-order valence-corrected chi connectivity index (χ1v) is 13.6. The quantitative estimate of drug-likeness (QED) is 0.198. The number of carbonyl (C=O) groups excluding carboxylic acids is 1. The Morgan fingerprint density at radius 2 is 1.85 bits per heavy atom. The van der Waals surface area contributed by atoms with Crippen molar-refractivity contribution >= 4 is 6.09 Å². The number of likely N-dealkylation sites (N-methyl/N-ethyl adjacent to an activating group) is 2. The number of nitrogens with one attached hydrogen (secondary N) is 3. The molecule has 39 heavy (non-hydrogen) atoms. The number of alkyl carbamates (subject to hydrolysis) is 1. The van der Waals surface area contributed by atoms with E-state index in [2.05, 4.69) is 16.0 Å². The number of rotatable bonds is 8. The number of aliphatic hydroxyl groups excluding tert-OH is 2. The zero-order chi connectivity index (χ0) is 29.1. The number of hydrogen-bond acceptors (Lipinski definition) is 12. The van der Waals surface area contributed by atoms with Gasteiger partial charge < -0.3 is 60.7 Å². The second-order valence-corrected chi connectivity index (χ2v) is 12.0. The molecule has 0 aromatic carbocycles. The van der Waals surface area contributed by atoms with Crippen LogP contribution in [0, 0.1) is 5.92 Å². The Labute approximate surface area is 230 Å². The highest BCUT2D eigenvalue weighted by Gasteiger charge is 2.50. The molecule has 2 aliphatic heterocycles. The van der Waals surface area contributed by atoms with Gasteiger partial charge in [0.1, 0.15) is 35.3 Å². The van der Waals surface area contributed by atoms with Crippen molar-refractivity contribution in [1.29, 1.82) is 0 Å². The fourth-order valence-corrected chi connectivity index (χ4v) is 5.39. The number of hydrogen-bond donors (Lipinski definition) is 7. The van der Waals surface area contributed by atoms with Crippen LogP contribution >= 0.6 is 0 Å². The lowest BCUT2D eigenvalue weighted by Crippen LogP contribution is -2.67. The molecular formula is C26H48N4O9. The molecule has 0 spiro atoms. The van der Waals surface area contributed by atoms with Gasteiger partial charge in [0.2, 0.25) is 6.29 Å². The SMILES string of the molecule is CNCC1=CCC(NC(=O)OC(C)(C)C)[C@@H](O[C@H]2[C@H](O)[C@@H](O[C@H]3OC[C@](C)(O)[C@H](NC)[C@H]3O)[C@H](N)C[C@@H]2C)O1. The molecule has 1 unspecified atom stereocenters. The zero-order valence-electron chi connectivity index (χ0n) is 24.0. The molecule has 1 aliphatic carbocycles. The van der Waals surface area contributed by atoms with Crippen LogP contribution in [0.1, 0.15) is 47.5 Å². The molecule has 3 rings (SSSR count). The maximum absolute atomic E-state index is 12.5. The first-order chi connectivity index (χ1) is 18.2. The minimum Gasteiger partial charge on any atom is -0.466 e. The van der Waals surface area contributed by atoms with E-state index in [1.807, 2.05) is 13.0 Å². The number of carbonyl (C=O) groups is 1. The first kappa shape index (κ1) is 32.0. The molecule has 0 bridgehead atoms. The van der Waals surface area contributed by atoms with Gasteiger partial charge in [-0.05, 0) is 66.6 Å². The topological polar surface area (TPSA) is 186 Å². The van der Waals surface area contributed by atoms with Crippen molar-refractivity contribution < 1.29 is 43.8 Å². The highest BCUT2D eigenvalue weighted by atomic mass is 16.7. The third-order valence-corrected chi connectivity index (χ3v) is 7.27. The van der Waals surface area contributed by atoms with Crippen molar-refractivity contribution in [3.63, 3.8) is 0 Å². The summed E-state index contributed by atoms with van der Waals surface area (Å²) in [6, 6.07) is -1.85.